The summed E-state index contributed by atoms with van der Waals surface area (Å²) in [6, 6.07) is 7.96. The highest BCUT2D eigenvalue weighted by atomic mass is 127. The Hall–Kier alpha value is -1.37. The quantitative estimate of drug-likeness (QED) is 0.816. The van der Waals surface area contributed by atoms with Crippen LogP contribution in [-0.2, 0) is 0 Å². The number of ether oxygens (including phenoxy) is 1. The van der Waals surface area contributed by atoms with Gasteiger partial charge >= 0.3 is 0 Å². The summed E-state index contributed by atoms with van der Waals surface area (Å²) in [4.78, 5) is 19.8. The Kier molecular flexibility index (Phi) is 2.83. The molecule has 1 aliphatic carbocycles. The summed E-state index contributed by atoms with van der Waals surface area (Å²) in [6.45, 7) is 0.549. The first kappa shape index (κ1) is 12.4. The molecule has 1 fully saturated rings. The van der Waals surface area contributed by atoms with Crippen molar-refractivity contribution in [2.24, 2.45) is 0 Å². The van der Waals surface area contributed by atoms with E-state index in [1.807, 2.05) is 24.3 Å². The van der Waals surface area contributed by atoms with Crippen LogP contribution < -0.4 is 10.3 Å². The lowest BCUT2D eigenvalue weighted by Gasteiger charge is -2.10. The van der Waals surface area contributed by atoms with Crippen LogP contribution in [0.4, 0.5) is 0 Å². The SMILES string of the molecule is O=c1[nH]c(C2COc3ccccc32)nc(C2CC2)c1I. The van der Waals surface area contributed by atoms with E-state index in [2.05, 4.69) is 27.6 Å². The monoisotopic (exact) mass is 380 g/mol. The minimum atomic E-state index is -0.0260. The van der Waals surface area contributed by atoms with Gasteiger partial charge in [0.25, 0.3) is 5.56 Å². The molecule has 2 heterocycles. The molecule has 1 aromatic carbocycles. The van der Waals surface area contributed by atoms with Gasteiger partial charge in [-0.15, -0.1) is 0 Å². The molecule has 2 aromatic rings. The molecule has 1 unspecified atom stereocenters. The average Bonchev–Trinajstić information content (AvgIpc) is 3.21. The normalized spacial score (nSPS) is 20.6. The molecule has 1 atom stereocenters. The number of rotatable bonds is 2. The fourth-order valence-corrected chi connectivity index (χ4v) is 3.37. The molecule has 5 heteroatoms. The van der Waals surface area contributed by atoms with Gasteiger partial charge in [0.15, 0.2) is 0 Å². The molecule has 1 saturated carbocycles. The van der Waals surface area contributed by atoms with Crippen LogP contribution in [0.5, 0.6) is 5.75 Å². The van der Waals surface area contributed by atoms with Gasteiger partial charge in [-0.1, -0.05) is 18.2 Å². The van der Waals surface area contributed by atoms with Gasteiger partial charge in [0.1, 0.15) is 18.2 Å². The number of hydrogen-bond acceptors (Lipinski definition) is 3. The Labute approximate surface area is 129 Å². The fourth-order valence-electron chi connectivity index (χ4n) is 2.68. The van der Waals surface area contributed by atoms with E-state index >= 15 is 0 Å². The molecule has 2 aliphatic rings. The Balaban J connectivity index is 1.82. The standard InChI is InChI=1S/C15H13IN2O2/c16-12-13(8-5-6-8)17-14(18-15(12)19)10-7-20-11-4-2-1-3-9(10)11/h1-4,8,10H,5-7H2,(H,17,18,19). The molecule has 4 rings (SSSR count). The van der Waals surface area contributed by atoms with E-state index in [4.69, 9.17) is 9.72 Å². The second-order valence-electron chi connectivity index (χ2n) is 5.33. The van der Waals surface area contributed by atoms with Crippen LogP contribution in [-0.4, -0.2) is 16.6 Å². The Morgan fingerprint density at radius 2 is 2.10 bits per heavy atom. The van der Waals surface area contributed by atoms with Crippen molar-refractivity contribution in [2.75, 3.05) is 6.61 Å². The summed E-state index contributed by atoms with van der Waals surface area (Å²) in [7, 11) is 0. The molecule has 0 saturated heterocycles. The van der Waals surface area contributed by atoms with Crippen LogP contribution in [0.1, 0.15) is 41.8 Å². The van der Waals surface area contributed by atoms with Crippen LogP contribution in [0.3, 0.4) is 0 Å². The van der Waals surface area contributed by atoms with Crippen molar-refractivity contribution in [3.63, 3.8) is 0 Å². The van der Waals surface area contributed by atoms with Gasteiger partial charge in [-0.05, 0) is 41.5 Å². The number of nitrogens with one attached hydrogen (secondary N) is 1. The number of nitrogens with zero attached hydrogens (tertiary/aromatic N) is 1. The van der Waals surface area contributed by atoms with Crippen LogP contribution >= 0.6 is 22.6 Å². The van der Waals surface area contributed by atoms with Crippen LogP contribution in [0.2, 0.25) is 0 Å². The van der Waals surface area contributed by atoms with E-state index in [0.29, 0.717) is 12.5 Å². The summed E-state index contributed by atoms with van der Waals surface area (Å²) >= 11 is 2.10. The van der Waals surface area contributed by atoms with Crippen LogP contribution in [0.25, 0.3) is 0 Å². The van der Waals surface area contributed by atoms with Crippen LogP contribution in [0, 0.1) is 3.57 Å². The minimum Gasteiger partial charge on any atom is -0.492 e. The van der Waals surface area contributed by atoms with Gasteiger partial charge in [0, 0.05) is 11.5 Å². The second-order valence-corrected chi connectivity index (χ2v) is 6.40. The number of fused-ring (bicyclic) bond motifs is 1. The van der Waals surface area contributed by atoms with Gasteiger partial charge in [-0.3, -0.25) is 4.79 Å². The summed E-state index contributed by atoms with van der Waals surface area (Å²) in [5.74, 6) is 2.14. The third-order valence-electron chi connectivity index (χ3n) is 3.90. The van der Waals surface area contributed by atoms with Crippen molar-refractivity contribution >= 4 is 22.6 Å². The van der Waals surface area contributed by atoms with E-state index in [1.54, 1.807) is 0 Å². The average molecular weight is 380 g/mol. The summed E-state index contributed by atoms with van der Waals surface area (Å²) < 4.78 is 6.42. The smallest absolute Gasteiger partial charge is 0.264 e. The largest absolute Gasteiger partial charge is 0.492 e. The predicted octanol–water partition coefficient (Wildman–Crippen LogP) is 2.78. The van der Waals surface area contributed by atoms with Gasteiger partial charge in [0.05, 0.1) is 15.2 Å². The predicted molar refractivity (Wildman–Crippen MR) is 83.3 cm³/mol. The maximum Gasteiger partial charge on any atom is 0.264 e. The zero-order valence-corrected chi connectivity index (χ0v) is 12.9. The first-order valence-electron chi connectivity index (χ1n) is 6.75. The molecular formula is C15H13IN2O2. The molecule has 102 valence electrons. The second kappa shape index (κ2) is 4.58. The number of para-hydroxylation sites is 1. The van der Waals surface area contributed by atoms with Crippen molar-refractivity contribution in [1.82, 2.24) is 9.97 Å². The molecule has 20 heavy (non-hydrogen) atoms. The van der Waals surface area contributed by atoms with Gasteiger partial charge in [-0.25, -0.2) is 4.98 Å². The Morgan fingerprint density at radius 1 is 1.30 bits per heavy atom. The first-order chi connectivity index (χ1) is 9.74. The maximum absolute atomic E-state index is 12.1. The van der Waals surface area contributed by atoms with Crippen molar-refractivity contribution < 1.29 is 4.74 Å². The highest BCUT2D eigenvalue weighted by Gasteiger charge is 2.32. The fraction of sp³-hybridized carbons (Fsp3) is 0.333. The number of aromatic amines is 1. The Bertz CT molecular complexity index is 737. The van der Waals surface area contributed by atoms with Crippen molar-refractivity contribution in [1.29, 1.82) is 0 Å². The molecule has 1 aliphatic heterocycles. The number of aromatic nitrogens is 2. The lowest BCUT2D eigenvalue weighted by Crippen LogP contribution is -2.21. The topological polar surface area (TPSA) is 55.0 Å². The number of halogens is 1. The molecule has 0 spiro atoms. The van der Waals surface area contributed by atoms with Gasteiger partial charge in [-0.2, -0.15) is 0 Å². The molecule has 0 radical (unpaired) electrons. The third-order valence-corrected chi connectivity index (χ3v) is 4.94. The molecule has 4 nitrogen and oxygen atoms in total. The van der Waals surface area contributed by atoms with Crippen molar-refractivity contribution in [2.45, 2.75) is 24.7 Å². The first-order valence-corrected chi connectivity index (χ1v) is 7.83. The lowest BCUT2D eigenvalue weighted by molar-refractivity contribution is 0.339. The summed E-state index contributed by atoms with van der Waals surface area (Å²) in [5, 5.41) is 0. The van der Waals surface area contributed by atoms with Crippen molar-refractivity contribution in [3.05, 3.63) is 55.3 Å². The maximum atomic E-state index is 12.1. The van der Waals surface area contributed by atoms with Crippen molar-refractivity contribution in [3.8, 4) is 5.75 Å². The lowest BCUT2D eigenvalue weighted by atomic mass is 10.0. The molecule has 1 N–H and O–H groups in total. The molecule has 0 bridgehead atoms. The van der Waals surface area contributed by atoms with Crippen LogP contribution in [0.15, 0.2) is 29.1 Å². The molecular weight excluding hydrogens is 367 g/mol. The molecule has 1 aromatic heterocycles. The minimum absolute atomic E-state index is 0.0260. The summed E-state index contributed by atoms with van der Waals surface area (Å²) in [5.41, 5.74) is 2.05. The van der Waals surface area contributed by atoms with E-state index in [1.165, 1.54) is 0 Å². The van der Waals surface area contributed by atoms with E-state index < -0.39 is 0 Å². The van der Waals surface area contributed by atoms with Gasteiger partial charge < -0.3 is 9.72 Å². The zero-order valence-electron chi connectivity index (χ0n) is 10.7. The molecule has 0 amide bonds. The Morgan fingerprint density at radius 3 is 2.90 bits per heavy atom. The highest BCUT2D eigenvalue weighted by molar-refractivity contribution is 14.1. The zero-order chi connectivity index (χ0) is 13.7. The van der Waals surface area contributed by atoms with E-state index in [-0.39, 0.29) is 11.5 Å². The summed E-state index contributed by atoms with van der Waals surface area (Å²) in [6.07, 6.45) is 2.29. The number of hydrogen-bond donors (Lipinski definition) is 1. The van der Waals surface area contributed by atoms with Gasteiger partial charge in [0.2, 0.25) is 0 Å². The van der Waals surface area contributed by atoms with E-state index in [0.717, 1.165) is 39.2 Å². The number of H-pyrrole nitrogens is 1. The third kappa shape index (κ3) is 1.95. The highest BCUT2D eigenvalue weighted by Crippen LogP contribution is 2.41. The number of benzene rings is 1. The van der Waals surface area contributed by atoms with E-state index in [9.17, 15) is 4.79 Å².